The van der Waals surface area contributed by atoms with E-state index in [0.29, 0.717) is 0 Å². The van der Waals surface area contributed by atoms with Crippen LogP contribution in [0.15, 0.2) is 24.3 Å². The number of rotatable bonds is 4. The summed E-state index contributed by atoms with van der Waals surface area (Å²) in [7, 11) is 1.67. The van der Waals surface area contributed by atoms with Crippen LogP contribution in [0.4, 0.5) is 0 Å². The molecule has 1 aromatic carbocycles. The van der Waals surface area contributed by atoms with Gasteiger partial charge in [0, 0.05) is 12.6 Å². The Morgan fingerprint density at radius 3 is 2.59 bits per heavy atom. The third kappa shape index (κ3) is 3.45. The van der Waals surface area contributed by atoms with Crippen LogP contribution in [0.3, 0.4) is 0 Å². The van der Waals surface area contributed by atoms with E-state index in [1.807, 2.05) is 12.1 Å². The third-order valence-corrected chi connectivity index (χ3v) is 3.46. The van der Waals surface area contributed by atoms with E-state index >= 15 is 0 Å². The Labute approximate surface area is 103 Å². The molecular formula is C14H21NO2. The normalized spacial score (nSPS) is 24.6. The van der Waals surface area contributed by atoms with Gasteiger partial charge in [-0.05, 0) is 30.5 Å². The van der Waals surface area contributed by atoms with Crippen molar-refractivity contribution in [1.29, 1.82) is 0 Å². The van der Waals surface area contributed by atoms with Crippen molar-refractivity contribution >= 4 is 0 Å². The summed E-state index contributed by atoms with van der Waals surface area (Å²) in [5.41, 5.74) is 1.23. The third-order valence-electron chi connectivity index (χ3n) is 3.46. The van der Waals surface area contributed by atoms with Gasteiger partial charge in [-0.2, -0.15) is 0 Å². The van der Waals surface area contributed by atoms with Crippen LogP contribution >= 0.6 is 0 Å². The molecule has 3 heteroatoms. The van der Waals surface area contributed by atoms with Crippen molar-refractivity contribution in [1.82, 2.24) is 5.32 Å². The Bertz CT molecular complexity index is 337. The molecule has 1 aliphatic rings. The maximum Gasteiger partial charge on any atom is 0.118 e. The summed E-state index contributed by atoms with van der Waals surface area (Å²) in [6.07, 6.45) is 4.21. The molecule has 2 rings (SSSR count). The molecule has 1 fully saturated rings. The molecule has 2 atom stereocenters. The number of methoxy groups -OCH3 is 1. The second-order valence-corrected chi connectivity index (χ2v) is 4.69. The van der Waals surface area contributed by atoms with Crippen LogP contribution in [-0.2, 0) is 6.54 Å². The molecule has 0 amide bonds. The monoisotopic (exact) mass is 235 g/mol. The zero-order chi connectivity index (χ0) is 12.1. The first-order valence-corrected chi connectivity index (χ1v) is 6.34. The molecule has 0 radical (unpaired) electrons. The van der Waals surface area contributed by atoms with E-state index in [1.165, 1.54) is 12.0 Å². The number of aliphatic hydroxyl groups excluding tert-OH is 1. The summed E-state index contributed by atoms with van der Waals surface area (Å²) >= 11 is 0. The van der Waals surface area contributed by atoms with Crippen LogP contribution in [0.1, 0.15) is 31.2 Å². The van der Waals surface area contributed by atoms with E-state index in [9.17, 15) is 5.11 Å². The average molecular weight is 235 g/mol. The summed E-state index contributed by atoms with van der Waals surface area (Å²) in [6, 6.07) is 8.30. The van der Waals surface area contributed by atoms with Crippen LogP contribution < -0.4 is 10.1 Å². The van der Waals surface area contributed by atoms with Gasteiger partial charge >= 0.3 is 0 Å². The number of hydrogen-bond donors (Lipinski definition) is 2. The van der Waals surface area contributed by atoms with Gasteiger partial charge in [0.2, 0.25) is 0 Å². The lowest BCUT2D eigenvalue weighted by molar-refractivity contribution is 0.0902. The minimum absolute atomic E-state index is 0.179. The van der Waals surface area contributed by atoms with Gasteiger partial charge in [-0.3, -0.25) is 0 Å². The largest absolute Gasteiger partial charge is 0.497 e. The predicted octanol–water partition coefficient (Wildman–Crippen LogP) is 2.09. The molecule has 0 unspecified atom stereocenters. The Kier molecular flexibility index (Phi) is 4.40. The molecule has 1 aromatic rings. The summed E-state index contributed by atoms with van der Waals surface area (Å²) in [4.78, 5) is 0. The van der Waals surface area contributed by atoms with Gasteiger partial charge in [-0.1, -0.05) is 25.0 Å². The maximum atomic E-state index is 9.85. The zero-order valence-electron chi connectivity index (χ0n) is 10.4. The number of ether oxygens (including phenoxy) is 1. The highest BCUT2D eigenvalue weighted by atomic mass is 16.5. The van der Waals surface area contributed by atoms with Gasteiger partial charge in [-0.15, -0.1) is 0 Å². The van der Waals surface area contributed by atoms with E-state index in [2.05, 4.69) is 17.4 Å². The van der Waals surface area contributed by atoms with E-state index in [1.54, 1.807) is 7.11 Å². The number of aliphatic hydroxyl groups is 1. The number of nitrogens with one attached hydrogen (secondary N) is 1. The molecule has 0 aromatic heterocycles. The van der Waals surface area contributed by atoms with Gasteiger partial charge in [-0.25, -0.2) is 0 Å². The van der Waals surface area contributed by atoms with Crippen LogP contribution in [0, 0.1) is 0 Å². The second-order valence-electron chi connectivity index (χ2n) is 4.69. The minimum Gasteiger partial charge on any atom is -0.497 e. The smallest absolute Gasteiger partial charge is 0.118 e. The van der Waals surface area contributed by atoms with Crippen molar-refractivity contribution in [3.05, 3.63) is 29.8 Å². The lowest BCUT2D eigenvalue weighted by atomic mass is 9.92. The topological polar surface area (TPSA) is 41.5 Å². The standard InChI is InChI=1S/C14H21NO2/c1-17-12-8-6-11(7-9-12)10-15-13-4-2-3-5-14(13)16/h6-9,13-16H,2-5,10H2,1H3/t13-,14+/m0/s1. The van der Waals surface area contributed by atoms with E-state index in [0.717, 1.165) is 31.6 Å². The lowest BCUT2D eigenvalue weighted by Gasteiger charge is -2.28. The molecule has 1 saturated carbocycles. The average Bonchev–Trinajstić information content (AvgIpc) is 2.38. The highest BCUT2D eigenvalue weighted by Crippen LogP contribution is 2.19. The molecule has 1 aliphatic carbocycles. The summed E-state index contributed by atoms with van der Waals surface area (Å²) in [6.45, 7) is 0.811. The summed E-state index contributed by atoms with van der Waals surface area (Å²) in [5.74, 6) is 0.881. The Morgan fingerprint density at radius 1 is 1.24 bits per heavy atom. The van der Waals surface area contributed by atoms with Crippen molar-refractivity contribution in [3.63, 3.8) is 0 Å². The van der Waals surface area contributed by atoms with Gasteiger partial charge in [0.1, 0.15) is 5.75 Å². The number of hydrogen-bond acceptors (Lipinski definition) is 3. The lowest BCUT2D eigenvalue weighted by Crippen LogP contribution is -2.41. The van der Waals surface area contributed by atoms with Crippen molar-refractivity contribution in [2.45, 2.75) is 44.4 Å². The Balaban J connectivity index is 1.84. The SMILES string of the molecule is COc1ccc(CN[C@H]2CCCC[C@H]2O)cc1. The fourth-order valence-corrected chi connectivity index (χ4v) is 2.34. The predicted molar refractivity (Wildman–Crippen MR) is 68.1 cm³/mol. The van der Waals surface area contributed by atoms with Crippen LogP contribution in [0.25, 0.3) is 0 Å². The Hall–Kier alpha value is -1.06. The van der Waals surface area contributed by atoms with E-state index < -0.39 is 0 Å². The molecule has 2 N–H and O–H groups in total. The van der Waals surface area contributed by atoms with Crippen molar-refractivity contribution in [2.75, 3.05) is 7.11 Å². The molecule has 0 saturated heterocycles. The highest BCUT2D eigenvalue weighted by molar-refractivity contribution is 5.27. The van der Waals surface area contributed by atoms with Crippen LogP contribution in [-0.4, -0.2) is 24.4 Å². The van der Waals surface area contributed by atoms with Crippen molar-refractivity contribution < 1.29 is 9.84 Å². The molecule has 0 spiro atoms. The van der Waals surface area contributed by atoms with Crippen molar-refractivity contribution in [3.8, 4) is 5.75 Å². The molecule has 0 heterocycles. The molecule has 17 heavy (non-hydrogen) atoms. The van der Waals surface area contributed by atoms with Gasteiger partial charge in [0.25, 0.3) is 0 Å². The van der Waals surface area contributed by atoms with Gasteiger partial charge < -0.3 is 15.2 Å². The maximum absolute atomic E-state index is 9.85. The molecule has 94 valence electrons. The minimum atomic E-state index is -0.179. The van der Waals surface area contributed by atoms with Crippen LogP contribution in [0.5, 0.6) is 5.75 Å². The van der Waals surface area contributed by atoms with E-state index in [-0.39, 0.29) is 12.1 Å². The molecule has 0 aliphatic heterocycles. The van der Waals surface area contributed by atoms with Crippen molar-refractivity contribution in [2.24, 2.45) is 0 Å². The quantitative estimate of drug-likeness (QED) is 0.839. The van der Waals surface area contributed by atoms with Crippen LogP contribution in [0.2, 0.25) is 0 Å². The first-order chi connectivity index (χ1) is 8.29. The fraction of sp³-hybridized carbons (Fsp3) is 0.571. The first-order valence-electron chi connectivity index (χ1n) is 6.34. The second kappa shape index (κ2) is 6.03. The number of benzene rings is 1. The first kappa shape index (κ1) is 12.4. The van der Waals surface area contributed by atoms with Gasteiger partial charge in [0.05, 0.1) is 13.2 Å². The van der Waals surface area contributed by atoms with Gasteiger partial charge in [0.15, 0.2) is 0 Å². The summed E-state index contributed by atoms with van der Waals surface area (Å²) < 4.78 is 5.12. The summed E-state index contributed by atoms with van der Waals surface area (Å²) in [5, 5.41) is 13.3. The zero-order valence-corrected chi connectivity index (χ0v) is 10.4. The Morgan fingerprint density at radius 2 is 1.94 bits per heavy atom. The molecular weight excluding hydrogens is 214 g/mol. The van der Waals surface area contributed by atoms with E-state index in [4.69, 9.17) is 4.74 Å². The molecule has 0 bridgehead atoms. The highest BCUT2D eigenvalue weighted by Gasteiger charge is 2.21. The fourth-order valence-electron chi connectivity index (χ4n) is 2.34. The molecule has 3 nitrogen and oxygen atoms in total.